The average Bonchev–Trinajstić information content (AvgIpc) is 3.46. The van der Waals surface area contributed by atoms with Crippen LogP contribution in [0.5, 0.6) is 11.5 Å². The Morgan fingerprint density at radius 3 is 1.91 bits per heavy atom. The molecule has 0 aliphatic carbocycles. The topological polar surface area (TPSA) is 64.0 Å². The second-order valence-corrected chi connectivity index (χ2v) is 8.94. The van der Waals surface area contributed by atoms with E-state index in [4.69, 9.17) is 9.47 Å². The zero-order chi connectivity index (χ0) is 22.8. The third-order valence-electron chi connectivity index (χ3n) is 5.87. The molecule has 0 atom stereocenters. The van der Waals surface area contributed by atoms with E-state index in [9.17, 15) is 9.59 Å². The highest BCUT2D eigenvalue weighted by molar-refractivity contribution is 7.15. The summed E-state index contributed by atoms with van der Waals surface area (Å²) in [5.74, 6) is 1.07. The van der Waals surface area contributed by atoms with Crippen molar-refractivity contribution in [2.75, 3.05) is 40.4 Å². The van der Waals surface area contributed by atoms with E-state index in [2.05, 4.69) is 0 Å². The van der Waals surface area contributed by atoms with Crippen molar-refractivity contribution in [1.82, 2.24) is 14.4 Å². The number of nitrogens with zero attached hydrogens (tertiary/aromatic N) is 3. The summed E-state index contributed by atoms with van der Waals surface area (Å²) >= 11 is 1.63. The minimum Gasteiger partial charge on any atom is -0.497 e. The van der Waals surface area contributed by atoms with Crippen LogP contribution in [-0.2, 0) is 0 Å². The molecule has 1 aromatic carbocycles. The van der Waals surface area contributed by atoms with Crippen LogP contribution in [0.2, 0.25) is 0 Å². The predicted molar refractivity (Wildman–Crippen MR) is 124 cm³/mol. The monoisotopic (exact) mass is 453 g/mol. The van der Waals surface area contributed by atoms with Gasteiger partial charge in [-0.3, -0.25) is 9.59 Å². The van der Waals surface area contributed by atoms with Gasteiger partial charge in [0, 0.05) is 55.1 Å². The number of hydrogen-bond donors (Lipinski definition) is 0. The lowest BCUT2D eigenvalue weighted by Crippen LogP contribution is -2.50. The summed E-state index contributed by atoms with van der Waals surface area (Å²) < 4.78 is 12.6. The highest BCUT2D eigenvalue weighted by Crippen LogP contribution is 2.32. The number of piperazine rings is 1. The number of aromatic nitrogens is 1. The zero-order valence-electron chi connectivity index (χ0n) is 18.8. The SMILES string of the molecule is COc1cc(OC)cc(C(=O)N2CCN(C(=O)c3c(-n4cccc4)sc(C)c3C)CC2)c1. The molecule has 0 spiro atoms. The first-order valence-corrected chi connectivity index (χ1v) is 11.3. The van der Waals surface area contributed by atoms with Gasteiger partial charge in [0.2, 0.25) is 0 Å². The maximum atomic E-state index is 13.4. The van der Waals surface area contributed by atoms with Gasteiger partial charge in [0.15, 0.2) is 0 Å². The second-order valence-electron chi connectivity index (χ2n) is 7.74. The number of amides is 2. The number of hydrogen-bond acceptors (Lipinski definition) is 5. The van der Waals surface area contributed by atoms with Crippen molar-refractivity contribution in [2.45, 2.75) is 13.8 Å². The van der Waals surface area contributed by atoms with E-state index >= 15 is 0 Å². The summed E-state index contributed by atoms with van der Waals surface area (Å²) in [5.41, 5.74) is 2.28. The molecule has 1 fully saturated rings. The quantitative estimate of drug-likeness (QED) is 0.590. The smallest absolute Gasteiger partial charge is 0.257 e. The van der Waals surface area contributed by atoms with Gasteiger partial charge >= 0.3 is 0 Å². The van der Waals surface area contributed by atoms with Crippen molar-refractivity contribution in [3.63, 3.8) is 0 Å². The summed E-state index contributed by atoms with van der Waals surface area (Å²) in [6.07, 6.45) is 3.92. The fourth-order valence-corrected chi connectivity index (χ4v) is 5.01. The Hall–Kier alpha value is -3.26. The van der Waals surface area contributed by atoms with E-state index in [0.717, 1.165) is 21.0 Å². The lowest BCUT2D eigenvalue weighted by molar-refractivity contribution is 0.0535. The number of methoxy groups -OCH3 is 2. The van der Waals surface area contributed by atoms with Crippen molar-refractivity contribution in [3.05, 3.63) is 64.3 Å². The molecule has 1 aliphatic heterocycles. The fourth-order valence-electron chi connectivity index (χ4n) is 3.90. The molecule has 1 saturated heterocycles. The molecule has 32 heavy (non-hydrogen) atoms. The average molecular weight is 454 g/mol. The standard InChI is InChI=1S/C24H27N3O4S/c1-16-17(2)32-24(27-7-5-6-8-27)21(16)23(29)26-11-9-25(10-12-26)22(28)18-13-19(30-3)15-20(14-18)31-4/h5-8,13-15H,9-12H2,1-4H3. The normalized spacial score (nSPS) is 13.9. The number of carbonyl (C=O) groups excluding carboxylic acids is 2. The van der Waals surface area contributed by atoms with Gasteiger partial charge in [0.25, 0.3) is 11.8 Å². The maximum absolute atomic E-state index is 13.4. The Morgan fingerprint density at radius 1 is 0.844 bits per heavy atom. The van der Waals surface area contributed by atoms with Crippen molar-refractivity contribution in [3.8, 4) is 16.5 Å². The molecule has 2 aromatic heterocycles. The van der Waals surface area contributed by atoms with Crippen LogP contribution < -0.4 is 9.47 Å². The highest BCUT2D eigenvalue weighted by atomic mass is 32.1. The Bertz CT molecular complexity index is 1110. The molecular formula is C24H27N3O4S. The number of thiophene rings is 1. The number of aryl methyl sites for hydroxylation is 1. The van der Waals surface area contributed by atoms with Crippen LogP contribution in [0.1, 0.15) is 31.2 Å². The van der Waals surface area contributed by atoms with Gasteiger partial charge in [-0.25, -0.2) is 0 Å². The van der Waals surface area contributed by atoms with Crippen LogP contribution in [0.25, 0.3) is 5.00 Å². The largest absolute Gasteiger partial charge is 0.497 e. The summed E-state index contributed by atoms with van der Waals surface area (Å²) in [5, 5.41) is 0.942. The molecule has 0 N–H and O–H groups in total. The third-order valence-corrected chi connectivity index (χ3v) is 7.09. The predicted octanol–water partition coefficient (Wildman–Crippen LogP) is 3.77. The molecule has 1 aliphatic rings. The maximum Gasteiger partial charge on any atom is 0.257 e. The fraction of sp³-hybridized carbons (Fsp3) is 0.333. The van der Waals surface area contributed by atoms with Crippen LogP contribution in [0.3, 0.4) is 0 Å². The van der Waals surface area contributed by atoms with Crippen LogP contribution >= 0.6 is 11.3 Å². The molecule has 8 heteroatoms. The molecule has 168 valence electrons. The molecule has 0 unspecified atom stereocenters. The molecule has 0 saturated carbocycles. The molecule has 0 bridgehead atoms. The van der Waals surface area contributed by atoms with E-state index in [1.165, 1.54) is 0 Å². The van der Waals surface area contributed by atoms with E-state index in [1.807, 2.05) is 47.8 Å². The van der Waals surface area contributed by atoms with Crippen LogP contribution in [-0.4, -0.2) is 66.6 Å². The van der Waals surface area contributed by atoms with E-state index < -0.39 is 0 Å². The Balaban J connectivity index is 1.49. The molecule has 4 rings (SSSR count). The molecule has 7 nitrogen and oxygen atoms in total. The second kappa shape index (κ2) is 9.08. The molecule has 2 amide bonds. The number of ether oxygens (including phenoxy) is 2. The van der Waals surface area contributed by atoms with E-state index in [0.29, 0.717) is 43.2 Å². The van der Waals surface area contributed by atoms with Gasteiger partial charge in [-0.1, -0.05) is 0 Å². The Kier molecular flexibility index (Phi) is 6.23. The first-order chi connectivity index (χ1) is 15.4. The van der Waals surface area contributed by atoms with Crippen LogP contribution in [0.15, 0.2) is 42.7 Å². The summed E-state index contributed by atoms with van der Waals surface area (Å²) in [6, 6.07) is 9.07. The van der Waals surface area contributed by atoms with Gasteiger partial charge in [-0.05, 0) is 43.7 Å². The van der Waals surface area contributed by atoms with Crippen molar-refractivity contribution in [1.29, 1.82) is 0 Å². The Labute approximate surface area is 191 Å². The Morgan fingerprint density at radius 2 is 1.38 bits per heavy atom. The van der Waals surface area contributed by atoms with Crippen molar-refractivity contribution in [2.24, 2.45) is 0 Å². The number of benzene rings is 1. The number of rotatable bonds is 5. The molecular weight excluding hydrogens is 426 g/mol. The lowest BCUT2D eigenvalue weighted by Gasteiger charge is -2.35. The lowest BCUT2D eigenvalue weighted by atomic mass is 10.1. The highest BCUT2D eigenvalue weighted by Gasteiger charge is 2.29. The molecule has 3 heterocycles. The first-order valence-electron chi connectivity index (χ1n) is 10.5. The van der Waals surface area contributed by atoms with E-state index in [-0.39, 0.29) is 11.8 Å². The van der Waals surface area contributed by atoms with Crippen LogP contribution in [0, 0.1) is 13.8 Å². The van der Waals surface area contributed by atoms with Gasteiger partial charge in [-0.2, -0.15) is 0 Å². The van der Waals surface area contributed by atoms with Crippen molar-refractivity contribution < 1.29 is 19.1 Å². The van der Waals surface area contributed by atoms with Crippen molar-refractivity contribution >= 4 is 23.2 Å². The first kappa shape index (κ1) is 22.0. The summed E-state index contributed by atoms with van der Waals surface area (Å²) in [6.45, 7) is 5.98. The van der Waals surface area contributed by atoms with Gasteiger partial charge in [-0.15, -0.1) is 11.3 Å². The van der Waals surface area contributed by atoms with Gasteiger partial charge < -0.3 is 23.8 Å². The summed E-state index contributed by atoms with van der Waals surface area (Å²) in [4.78, 5) is 31.3. The summed E-state index contributed by atoms with van der Waals surface area (Å²) in [7, 11) is 3.12. The minimum atomic E-state index is -0.0927. The molecule has 0 radical (unpaired) electrons. The van der Waals surface area contributed by atoms with E-state index in [1.54, 1.807) is 48.7 Å². The van der Waals surface area contributed by atoms with Gasteiger partial charge in [0.1, 0.15) is 16.5 Å². The van der Waals surface area contributed by atoms with Gasteiger partial charge in [0.05, 0.1) is 19.8 Å². The van der Waals surface area contributed by atoms with Crippen LogP contribution in [0.4, 0.5) is 0 Å². The third kappa shape index (κ3) is 4.10. The minimum absolute atomic E-state index is 0.0192. The zero-order valence-corrected chi connectivity index (χ0v) is 19.6. The number of carbonyl (C=O) groups is 2. The molecule has 3 aromatic rings.